The number of nitrogens with zero attached hydrogens (tertiary/aromatic N) is 5. The van der Waals surface area contributed by atoms with Crippen molar-refractivity contribution in [2.24, 2.45) is 0 Å². The van der Waals surface area contributed by atoms with E-state index < -0.39 is 0 Å². The predicted octanol–water partition coefficient (Wildman–Crippen LogP) is 0.787. The third-order valence-corrected chi connectivity index (χ3v) is 3.55. The molecule has 2 aromatic heterocycles. The van der Waals surface area contributed by atoms with E-state index in [0.717, 1.165) is 25.1 Å². The molecule has 100 valence electrons. The highest BCUT2D eigenvalue weighted by molar-refractivity contribution is 5.95. The number of hydrogen-bond acceptors (Lipinski definition) is 4. The first kappa shape index (κ1) is 11.9. The van der Waals surface area contributed by atoms with Crippen LogP contribution in [0.3, 0.4) is 0 Å². The van der Waals surface area contributed by atoms with Crippen LogP contribution in [0.1, 0.15) is 34.9 Å². The molecule has 0 bridgehead atoms. The molecule has 7 heteroatoms. The van der Waals surface area contributed by atoms with E-state index in [-0.39, 0.29) is 11.9 Å². The molecule has 0 aromatic carbocycles. The van der Waals surface area contributed by atoms with E-state index in [9.17, 15) is 4.79 Å². The average molecular weight is 260 g/mol. The highest BCUT2D eigenvalue weighted by atomic mass is 16.2. The Labute approximate surface area is 110 Å². The number of likely N-dealkylation sites (tertiary alicyclic amines) is 1. The Bertz CT molecular complexity index is 561. The number of aryl methyl sites for hydroxylation is 1. The van der Waals surface area contributed by atoms with Crippen LogP contribution in [0.2, 0.25) is 0 Å². The van der Waals surface area contributed by atoms with Crippen LogP contribution in [0.4, 0.5) is 0 Å². The van der Waals surface area contributed by atoms with E-state index in [1.165, 1.54) is 6.33 Å². The number of H-pyrrole nitrogens is 1. The molecule has 1 aliphatic heterocycles. The molecule has 0 aliphatic carbocycles. The molecule has 1 N–H and O–H groups in total. The summed E-state index contributed by atoms with van der Waals surface area (Å²) >= 11 is 0. The van der Waals surface area contributed by atoms with Gasteiger partial charge in [-0.3, -0.25) is 9.89 Å². The van der Waals surface area contributed by atoms with Crippen molar-refractivity contribution in [3.8, 4) is 0 Å². The lowest BCUT2D eigenvalue weighted by molar-refractivity contribution is 0.0672. The molecule has 19 heavy (non-hydrogen) atoms. The molecule has 7 nitrogen and oxygen atoms in total. The maximum absolute atomic E-state index is 12.4. The van der Waals surface area contributed by atoms with Gasteiger partial charge in [0, 0.05) is 18.8 Å². The van der Waals surface area contributed by atoms with Crippen LogP contribution >= 0.6 is 0 Å². The van der Waals surface area contributed by atoms with Crippen LogP contribution in [0, 0.1) is 6.92 Å². The number of hydrogen-bond donors (Lipinski definition) is 1. The van der Waals surface area contributed by atoms with Crippen molar-refractivity contribution >= 4 is 5.91 Å². The van der Waals surface area contributed by atoms with Crippen LogP contribution in [0.25, 0.3) is 0 Å². The molecule has 1 atom stereocenters. The second-order valence-corrected chi connectivity index (χ2v) is 4.83. The summed E-state index contributed by atoms with van der Waals surface area (Å²) in [6.45, 7) is 3.32. The molecule has 1 saturated heterocycles. The maximum Gasteiger partial charge on any atom is 0.257 e. The molecule has 0 unspecified atom stereocenters. The Balaban J connectivity index is 1.75. The lowest BCUT2D eigenvalue weighted by Crippen LogP contribution is -2.41. The second kappa shape index (κ2) is 4.83. The van der Waals surface area contributed by atoms with Crippen molar-refractivity contribution in [2.75, 3.05) is 13.1 Å². The Morgan fingerprint density at radius 3 is 3.11 bits per heavy atom. The van der Waals surface area contributed by atoms with Gasteiger partial charge in [0.15, 0.2) is 0 Å². The first-order chi connectivity index (χ1) is 9.25. The third kappa shape index (κ3) is 2.23. The van der Waals surface area contributed by atoms with Crippen molar-refractivity contribution in [1.29, 1.82) is 0 Å². The van der Waals surface area contributed by atoms with Gasteiger partial charge < -0.3 is 4.90 Å². The monoisotopic (exact) mass is 260 g/mol. The minimum absolute atomic E-state index is 0.0380. The van der Waals surface area contributed by atoms with Gasteiger partial charge in [0.2, 0.25) is 0 Å². The zero-order chi connectivity index (χ0) is 13.2. The summed E-state index contributed by atoms with van der Waals surface area (Å²) in [4.78, 5) is 18.3. The summed E-state index contributed by atoms with van der Waals surface area (Å²) in [5.41, 5.74) is 1.46. The Hall–Kier alpha value is -2.18. The van der Waals surface area contributed by atoms with Crippen LogP contribution in [-0.2, 0) is 0 Å². The van der Waals surface area contributed by atoms with Gasteiger partial charge in [-0.1, -0.05) is 0 Å². The number of carbonyl (C=O) groups is 1. The number of rotatable bonds is 2. The molecule has 1 fully saturated rings. The van der Waals surface area contributed by atoms with Gasteiger partial charge in [0.05, 0.1) is 17.8 Å². The summed E-state index contributed by atoms with van der Waals surface area (Å²) in [7, 11) is 0. The molecular formula is C12H16N6O. The summed E-state index contributed by atoms with van der Waals surface area (Å²) in [5, 5.41) is 10.9. The minimum Gasteiger partial charge on any atom is -0.336 e. The standard InChI is InChI=1S/C12H16N6O/c1-9-11(5-14-16-9)12(19)17-4-2-3-10(6-17)18-8-13-7-15-18/h5,7-8,10H,2-4,6H2,1H3,(H,14,16)/t10-/m1/s1. The fourth-order valence-corrected chi connectivity index (χ4v) is 2.50. The van der Waals surface area contributed by atoms with E-state index in [4.69, 9.17) is 0 Å². The molecule has 1 aliphatic rings. The quantitative estimate of drug-likeness (QED) is 0.865. The normalized spacial score (nSPS) is 19.6. The molecule has 2 aromatic rings. The van der Waals surface area contributed by atoms with E-state index >= 15 is 0 Å². The Kier molecular flexibility index (Phi) is 3.02. The SMILES string of the molecule is Cc1[nH]ncc1C(=O)N1CCC[C@@H](n2cncn2)C1. The Morgan fingerprint density at radius 2 is 2.42 bits per heavy atom. The van der Waals surface area contributed by atoms with Crippen molar-refractivity contribution in [2.45, 2.75) is 25.8 Å². The van der Waals surface area contributed by atoms with Crippen molar-refractivity contribution in [3.63, 3.8) is 0 Å². The van der Waals surface area contributed by atoms with Gasteiger partial charge in [-0.2, -0.15) is 10.2 Å². The fourth-order valence-electron chi connectivity index (χ4n) is 2.50. The number of nitrogens with one attached hydrogen (secondary N) is 1. The first-order valence-electron chi connectivity index (χ1n) is 6.39. The summed E-state index contributed by atoms with van der Waals surface area (Å²) in [6.07, 6.45) is 6.84. The molecule has 0 spiro atoms. The van der Waals surface area contributed by atoms with Gasteiger partial charge in [0.1, 0.15) is 12.7 Å². The number of carbonyl (C=O) groups excluding carboxylic acids is 1. The van der Waals surface area contributed by atoms with Crippen LogP contribution in [0.5, 0.6) is 0 Å². The Morgan fingerprint density at radius 1 is 1.53 bits per heavy atom. The highest BCUT2D eigenvalue weighted by Crippen LogP contribution is 2.22. The van der Waals surface area contributed by atoms with E-state index in [1.54, 1.807) is 12.5 Å². The largest absolute Gasteiger partial charge is 0.336 e. The highest BCUT2D eigenvalue weighted by Gasteiger charge is 2.27. The summed E-state index contributed by atoms with van der Waals surface area (Å²) < 4.78 is 1.83. The number of amides is 1. The van der Waals surface area contributed by atoms with E-state index in [0.29, 0.717) is 12.1 Å². The lowest BCUT2D eigenvalue weighted by atomic mass is 10.0. The fraction of sp³-hybridized carbons (Fsp3) is 0.500. The number of piperidine rings is 1. The molecule has 1 amide bonds. The molecular weight excluding hydrogens is 244 g/mol. The second-order valence-electron chi connectivity index (χ2n) is 4.83. The lowest BCUT2D eigenvalue weighted by Gasteiger charge is -2.32. The molecule has 0 saturated carbocycles. The number of aromatic amines is 1. The van der Waals surface area contributed by atoms with Crippen molar-refractivity contribution in [3.05, 3.63) is 30.1 Å². The maximum atomic E-state index is 12.4. The van der Waals surface area contributed by atoms with Gasteiger partial charge in [-0.15, -0.1) is 0 Å². The minimum atomic E-state index is 0.0380. The van der Waals surface area contributed by atoms with Crippen LogP contribution < -0.4 is 0 Å². The predicted molar refractivity (Wildman–Crippen MR) is 67.5 cm³/mol. The average Bonchev–Trinajstić information content (AvgIpc) is 3.09. The van der Waals surface area contributed by atoms with Crippen molar-refractivity contribution in [1.82, 2.24) is 29.9 Å². The topological polar surface area (TPSA) is 79.7 Å². The van der Waals surface area contributed by atoms with Crippen molar-refractivity contribution < 1.29 is 4.79 Å². The van der Waals surface area contributed by atoms with Crippen LogP contribution in [-0.4, -0.2) is 48.9 Å². The zero-order valence-electron chi connectivity index (χ0n) is 10.8. The zero-order valence-corrected chi connectivity index (χ0v) is 10.8. The summed E-state index contributed by atoms with van der Waals surface area (Å²) in [5.74, 6) is 0.0380. The van der Waals surface area contributed by atoms with Gasteiger partial charge in [0.25, 0.3) is 5.91 Å². The summed E-state index contributed by atoms with van der Waals surface area (Å²) in [6, 6.07) is 0.215. The molecule has 3 heterocycles. The van der Waals surface area contributed by atoms with Crippen LogP contribution in [0.15, 0.2) is 18.9 Å². The number of aromatic nitrogens is 5. The first-order valence-corrected chi connectivity index (χ1v) is 6.39. The molecule has 0 radical (unpaired) electrons. The van der Waals surface area contributed by atoms with Gasteiger partial charge in [-0.25, -0.2) is 9.67 Å². The van der Waals surface area contributed by atoms with E-state index in [2.05, 4.69) is 20.3 Å². The van der Waals surface area contributed by atoms with Gasteiger partial charge in [-0.05, 0) is 19.8 Å². The van der Waals surface area contributed by atoms with E-state index in [1.807, 2.05) is 16.5 Å². The molecule has 3 rings (SSSR count). The van der Waals surface area contributed by atoms with Gasteiger partial charge >= 0.3 is 0 Å². The third-order valence-electron chi connectivity index (χ3n) is 3.55. The smallest absolute Gasteiger partial charge is 0.257 e.